The second kappa shape index (κ2) is 8.98. The summed E-state index contributed by atoms with van der Waals surface area (Å²) in [6.45, 7) is 3.70. The summed E-state index contributed by atoms with van der Waals surface area (Å²) in [5.74, 6) is -3.50. The van der Waals surface area contributed by atoms with Crippen LogP contribution < -0.4 is 0 Å². The van der Waals surface area contributed by atoms with Crippen molar-refractivity contribution < 1.29 is 27.5 Å². The second-order valence-corrected chi connectivity index (χ2v) is 6.97. The zero-order valence-electron chi connectivity index (χ0n) is 16.5. The van der Waals surface area contributed by atoms with E-state index in [4.69, 9.17) is 4.74 Å². The molecule has 0 saturated heterocycles. The Morgan fingerprint density at radius 1 is 0.900 bits per heavy atom. The Hall–Kier alpha value is -3.35. The predicted molar refractivity (Wildman–Crippen MR) is 105 cm³/mol. The molecular formula is C23H20F3NO3. The van der Waals surface area contributed by atoms with Gasteiger partial charge in [-0.1, -0.05) is 12.1 Å². The van der Waals surface area contributed by atoms with Gasteiger partial charge in [0.1, 0.15) is 17.5 Å². The summed E-state index contributed by atoms with van der Waals surface area (Å²) in [6, 6.07) is 10.3. The Kier molecular flexibility index (Phi) is 6.40. The summed E-state index contributed by atoms with van der Waals surface area (Å²) in [5.41, 5.74) is 2.65. The molecule has 2 aromatic carbocycles. The van der Waals surface area contributed by atoms with Gasteiger partial charge in [0.25, 0.3) is 0 Å². The molecule has 0 aliphatic heterocycles. The smallest absolute Gasteiger partial charge is 0.338 e. The lowest BCUT2D eigenvalue weighted by molar-refractivity contribution is 0.0473. The second-order valence-electron chi connectivity index (χ2n) is 6.97. The van der Waals surface area contributed by atoms with Gasteiger partial charge in [-0.2, -0.15) is 0 Å². The van der Waals surface area contributed by atoms with Gasteiger partial charge in [0, 0.05) is 29.6 Å². The number of aromatic nitrogens is 1. The number of rotatable bonds is 7. The summed E-state index contributed by atoms with van der Waals surface area (Å²) < 4.78 is 46.4. The SMILES string of the molecule is Cc1cc(C(=O)COC(=O)c2cc(F)cc(F)c2)c(C)n1CCc1ccc(F)cc1. The molecule has 3 aromatic rings. The summed E-state index contributed by atoms with van der Waals surface area (Å²) in [7, 11) is 0. The lowest BCUT2D eigenvalue weighted by Gasteiger charge is -2.10. The first kappa shape index (κ1) is 21.4. The van der Waals surface area contributed by atoms with E-state index in [-0.39, 0.29) is 11.4 Å². The van der Waals surface area contributed by atoms with Crippen LogP contribution in [-0.4, -0.2) is 22.9 Å². The van der Waals surface area contributed by atoms with Crippen LogP contribution >= 0.6 is 0 Å². The minimum Gasteiger partial charge on any atom is -0.454 e. The van der Waals surface area contributed by atoms with Gasteiger partial charge in [-0.25, -0.2) is 18.0 Å². The molecule has 0 fully saturated rings. The van der Waals surface area contributed by atoms with E-state index in [0.29, 0.717) is 30.3 Å². The fraction of sp³-hybridized carbons (Fsp3) is 0.217. The Bertz CT molecular complexity index is 1070. The van der Waals surface area contributed by atoms with Crippen molar-refractivity contribution in [3.05, 3.63) is 94.1 Å². The Morgan fingerprint density at radius 2 is 1.53 bits per heavy atom. The van der Waals surface area contributed by atoms with Crippen LogP contribution in [0.4, 0.5) is 13.2 Å². The summed E-state index contributed by atoms with van der Waals surface area (Å²) in [6.07, 6.45) is 0.657. The highest BCUT2D eigenvalue weighted by Crippen LogP contribution is 2.18. The van der Waals surface area contributed by atoms with E-state index in [1.807, 2.05) is 11.5 Å². The van der Waals surface area contributed by atoms with Crippen LogP contribution in [0.5, 0.6) is 0 Å². The maximum Gasteiger partial charge on any atom is 0.338 e. The average molecular weight is 415 g/mol. The van der Waals surface area contributed by atoms with Crippen molar-refractivity contribution in [3.63, 3.8) is 0 Å². The minimum absolute atomic E-state index is 0.296. The minimum atomic E-state index is -0.980. The topological polar surface area (TPSA) is 48.3 Å². The first-order chi connectivity index (χ1) is 14.2. The fourth-order valence-corrected chi connectivity index (χ4v) is 3.28. The molecule has 0 N–H and O–H groups in total. The van der Waals surface area contributed by atoms with E-state index in [9.17, 15) is 22.8 Å². The molecule has 0 unspecified atom stereocenters. The average Bonchev–Trinajstić information content (AvgIpc) is 2.98. The van der Waals surface area contributed by atoms with Crippen LogP contribution in [0.15, 0.2) is 48.5 Å². The molecule has 0 atom stereocenters. The molecule has 7 heteroatoms. The summed E-state index contributed by atoms with van der Waals surface area (Å²) in [4.78, 5) is 24.5. The monoisotopic (exact) mass is 415 g/mol. The number of ketones is 1. The fourth-order valence-electron chi connectivity index (χ4n) is 3.28. The highest BCUT2D eigenvalue weighted by atomic mass is 19.1. The van der Waals surface area contributed by atoms with E-state index in [2.05, 4.69) is 0 Å². The number of Topliss-reactive ketones (excluding diaryl/α,β-unsaturated/α-hetero) is 1. The molecule has 4 nitrogen and oxygen atoms in total. The lowest BCUT2D eigenvalue weighted by atomic mass is 10.1. The van der Waals surface area contributed by atoms with Crippen molar-refractivity contribution in [2.24, 2.45) is 0 Å². The molecule has 0 saturated carbocycles. The van der Waals surface area contributed by atoms with Crippen LogP contribution in [0.2, 0.25) is 0 Å². The van der Waals surface area contributed by atoms with Gasteiger partial charge in [-0.15, -0.1) is 0 Å². The molecule has 0 aliphatic rings. The van der Waals surface area contributed by atoms with Gasteiger partial charge in [0.15, 0.2) is 6.61 Å². The Balaban J connectivity index is 1.65. The maximum atomic E-state index is 13.2. The van der Waals surface area contributed by atoms with Crippen molar-refractivity contribution in [3.8, 4) is 0 Å². The van der Waals surface area contributed by atoms with Gasteiger partial charge in [0.05, 0.1) is 5.56 Å². The Morgan fingerprint density at radius 3 is 2.17 bits per heavy atom. The standard InChI is InChI=1S/C23H20F3NO3/c1-14-9-21(15(2)27(14)8-7-16-3-5-18(24)6-4-16)22(28)13-30-23(29)17-10-19(25)12-20(26)11-17/h3-6,9-12H,7-8,13H2,1-2H3. The number of ether oxygens (including phenoxy) is 1. The summed E-state index contributed by atoms with van der Waals surface area (Å²) in [5, 5.41) is 0. The van der Waals surface area contributed by atoms with E-state index >= 15 is 0 Å². The molecule has 0 amide bonds. The third-order valence-electron chi connectivity index (χ3n) is 4.84. The Labute approximate surface area is 171 Å². The zero-order chi connectivity index (χ0) is 21.8. The lowest BCUT2D eigenvalue weighted by Crippen LogP contribution is -2.15. The largest absolute Gasteiger partial charge is 0.454 e. The molecule has 0 spiro atoms. The highest BCUT2D eigenvalue weighted by Gasteiger charge is 2.18. The number of nitrogens with zero attached hydrogens (tertiary/aromatic N) is 1. The van der Waals surface area contributed by atoms with Crippen LogP contribution in [0.25, 0.3) is 0 Å². The number of esters is 1. The van der Waals surface area contributed by atoms with Crippen LogP contribution in [0.1, 0.15) is 37.7 Å². The first-order valence-electron chi connectivity index (χ1n) is 9.32. The van der Waals surface area contributed by atoms with Gasteiger partial charge in [-0.05, 0) is 56.2 Å². The third kappa shape index (κ3) is 4.97. The normalized spacial score (nSPS) is 10.8. The van der Waals surface area contributed by atoms with Gasteiger partial charge in [-0.3, -0.25) is 4.79 Å². The predicted octanol–water partition coefficient (Wildman–Crippen LogP) is 4.80. The van der Waals surface area contributed by atoms with Crippen molar-refractivity contribution in [1.82, 2.24) is 4.57 Å². The molecule has 156 valence electrons. The molecule has 30 heavy (non-hydrogen) atoms. The number of carbonyl (C=O) groups is 2. The molecule has 1 heterocycles. The zero-order valence-corrected chi connectivity index (χ0v) is 16.5. The maximum absolute atomic E-state index is 13.2. The molecule has 3 rings (SSSR count). The first-order valence-corrected chi connectivity index (χ1v) is 9.32. The van der Waals surface area contributed by atoms with Crippen molar-refractivity contribution >= 4 is 11.8 Å². The third-order valence-corrected chi connectivity index (χ3v) is 4.84. The van der Waals surface area contributed by atoms with Gasteiger partial charge in [0.2, 0.25) is 5.78 Å². The highest BCUT2D eigenvalue weighted by molar-refractivity contribution is 6.00. The quantitative estimate of drug-likeness (QED) is 0.411. The van der Waals surface area contributed by atoms with E-state index in [1.54, 1.807) is 25.1 Å². The number of benzene rings is 2. The molecule has 0 radical (unpaired) electrons. The van der Waals surface area contributed by atoms with Gasteiger partial charge < -0.3 is 9.30 Å². The number of aryl methyl sites for hydroxylation is 2. The molecule has 0 aliphatic carbocycles. The van der Waals surface area contributed by atoms with Crippen molar-refractivity contribution in [2.45, 2.75) is 26.8 Å². The number of carbonyl (C=O) groups excluding carboxylic acids is 2. The molecule has 0 bridgehead atoms. The summed E-state index contributed by atoms with van der Waals surface area (Å²) >= 11 is 0. The number of halogens is 3. The van der Waals surface area contributed by atoms with Crippen LogP contribution in [0.3, 0.4) is 0 Å². The van der Waals surface area contributed by atoms with E-state index in [1.165, 1.54) is 12.1 Å². The molecule has 1 aromatic heterocycles. The van der Waals surface area contributed by atoms with Crippen molar-refractivity contribution in [2.75, 3.05) is 6.61 Å². The van der Waals surface area contributed by atoms with Crippen molar-refractivity contribution in [1.29, 1.82) is 0 Å². The van der Waals surface area contributed by atoms with Gasteiger partial charge >= 0.3 is 5.97 Å². The van der Waals surface area contributed by atoms with E-state index < -0.39 is 30.0 Å². The van der Waals surface area contributed by atoms with Crippen LogP contribution in [-0.2, 0) is 17.7 Å². The molecular weight excluding hydrogens is 395 g/mol. The number of hydrogen-bond donors (Lipinski definition) is 0. The van der Waals surface area contributed by atoms with E-state index in [0.717, 1.165) is 23.4 Å². The van der Waals surface area contributed by atoms with Crippen LogP contribution in [0, 0.1) is 31.3 Å². The number of hydrogen-bond acceptors (Lipinski definition) is 3.